The Morgan fingerprint density at radius 3 is 2.64 bits per heavy atom. The van der Waals surface area contributed by atoms with Gasteiger partial charge < -0.3 is 10.4 Å². The molecule has 0 heterocycles. The number of likely N-dealkylation sites (N-methyl/N-ethyl adjacent to an activating group) is 1. The quantitative estimate of drug-likeness (QED) is 0.740. The van der Waals surface area contributed by atoms with Crippen LogP contribution >= 0.6 is 0 Å². The number of aliphatic hydroxyl groups is 1. The first kappa shape index (κ1) is 10.7. The third kappa shape index (κ3) is 3.18. The van der Waals surface area contributed by atoms with E-state index < -0.39 is 6.10 Å². The summed E-state index contributed by atoms with van der Waals surface area (Å²) >= 11 is 0. The molecule has 0 saturated heterocycles. The molecule has 1 atom stereocenters. The molecular formula is C11H15NO2. The predicted octanol–water partition coefficient (Wildman–Crippen LogP) is 0.726. The highest BCUT2D eigenvalue weighted by atomic mass is 16.3. The molecule has 1 amide bonds. The van der Waals surface area contributed by atoms with Crippen LogP contribution in [-0.4, -0.2) is 23.7 Å². The molecule has 0 aliphatic rings. The van der Waals surface area contributed by atoms with E-state index in [-0.39, 0.29) is 5.91 Å². The minimum Gasteiger partial charge on any atom is -0.383 e. The van der Waals surface area contributed by atoms with Crippen molar-refractivity contribution in [2.24, 2.45) is 0 Å². The predicted molar refractivity (Wildman–Crippen MR) is 54.8 cm³/mol. The maximum atomic E-state index is 11.2. The largest absolute Gasteiger partial charge is 0.383 e. The van der Waals surface area contributed by atoms with E-state index >= 15 is 0 Å². The molecule has 2 N–H and O–H groups in total. The second-order valence-electron chi connectivity index (χ2n) is 3.10. The fraction of sp³-hybridized carbons (Fsp3) is 0.364. The fourth-order valence-corrected chi connectivity index (χ4v) is 1.22. The van der Waals surface area contributed by atoms with Crippen LogP contribution in [0.25, 0.3) is 0 Å². The van der Waals surface area contributed by atoms with Crippen LogP contribution in [-0.2, 0) is 11.2 Å². The van der Waals surface area contributed by atoms with Crippen molar-refractivity contribution in [3.8, 4) is 0 Å². The molecule has 1 aromatic rings. The second kappa shape index (κ2) is 5.40. The van der Waals surface area contributed by atoms with E-state index in [0.717, 1.165) is 5.56 Å². The maximum absolute atomic E-state index is 11.2. The van der Waals surface area contributed by atoms with Gasteiger partial charge in [0, 0.05) is 13.0 Å². The van der Waals surface area contributed by atoms with Gasteiger partial charge in [-0.05, 0) is 12.5 Å². The monoisotopic (exact) mass is 193 g/mol. The third-order valence-corrected chi connectivity index (χ3v) is 1.93. The van der Waals surface area contributed by atoms with Crippen LogP contribution in [0.1, 0.15) is 12.5 Å². The number of carbonyl (C=O) groups excluding carboxylic acids is 1. The Balaban J connectivity index is 2.49. The Bertz CT molecular complexity index is 285. The smallest absolute Gasteiger partial charge is 0.249 e. The standard InChI is InChI=1S/C11H15NO2/c1-2-12-11(14)10(13)8-9-6-4-3-5-7-9/h3-7,10,13H,2,8H2,1H3,(H,12,14). The van der Waals surface area contributed by atoms with Gasteiger partial charge in [-0.25, -0.2) is 0 Å². The highest BCUT2D eigenvalue weighted by Gasteiger charge is 2.13. The lowest BCUT2D eigenvalue weighted by atomic mass is 10.1. The highest BCUT2D eigenvalue weighted by Crippen LogP contribution is 2.02. The molecule has 3 nitrogen and oxygen atoms in total. The summed E-state index contributed by atoms with van der Waals surface area (Å²) in [5.74, 6) is -0.309. The van der Waals surface area contributed by atoms with Gasteiger partial charge >= 0.3 is 0 Å². The molecule has 0 aliphatic heterocycles. The molecule has 0 spiro atoms. The maximum Gasteiger partial charge on any atom is 0.249 e. The number of amides is 1. The normalized spacial score (nSPS) is 12.1. The number of benzene rings is 1. The van der Waals surface area contributed by atoms with E-state index in [0.29, 0.717) is 13.0 Å². The van der Waals surface area contributed by atoms with Crippen LogP contribution in [0.3, 0.4) is 0 Å². The van der Waals surface area contributed by atoms with Crippen molar-refractivity contribution in [1.82, 2.24) is 5.32 Å². The van der Waals surface area contributed by atoms with E-state index in [9.17, 15) is 9.90 Å². The third-order valence-electron chi connectivity index (χ3n) is 1.93. The molecule has 0 bridgehead atoms. The number of aliphatic hydroxyl groups excluding tert-OH is 1. The Morgan fingerprint density at radius 2 is 2.07 bits per heavy atom. The average molecular weight is 193 g/mol. The van der Waals surface area contributed by atoms with Crippen LogP contribution < -0.4 is 5.32 Å². The lowest BCUT2D eigenvalue weighted by Gasteiger charge is -2.09. The summed E-state index contributed by atoms with van der Waals surface area (Å²) in [6, 6.07) is 9.46. The first-order chi connectivity index (χ1) is 6.74. The number of hydrogen-bond acceptors (Lipinski definition) is 2. The van der Waals surface area contributed by atoms with Crippen LogP contribution in [0, 0.1) is 0 Å². The molecule has 0 fully saturated rings. The van der Waals surface area contributed by atoms with E-state index in [4.69, 9.17) is 0 Å². The SMILES string of the molecule is CCNC(=O)C(O)Cc1ccccc1. The summed E-state index contributed by atoms with van der Waals surface area (Å²) in [5, 5.41) is 12.1. The zero-order valence-corrected chi connectivity index (χ0v) is 8.23. The topological polar surface area (TPSA) is 49.3 Å². The summed E-state index contributed by atoms with van der Waals surface area (Å²) in [7, 11) is 0. The highest BCUT2D eigenvalue weighted by molar-refractivity contribution is 5.80. The fourth-order valence-electron chi connectivity index (χ4n) is 1.22. The lowest BCUT2D eigenvalue weighted by molar-refractivity contribution is -0.129. The molecule has 1 unspecified atom stereocenters. The second-order valence-corrected chi connectivity index (χ2v) is 3.10. The van der Waals surface area contributed by atoms with Crippen molar-refractivity contribution in [3.05, 3.63) is 35.9 Å². The number of hydrogen-bond donors (Lipinski definition) is 2. The minimum absolute atomic E-state index is 0.309. The van der Waals surface area contributed by atoms with Gasteiger partial charge in [0.05, 0.1) is 0 Å². The van der Waals surface area contributed by atoms with E-state index in [1.807, 2.05) is 37.3 Å². The number of carbonyl (C=O) groups is 1. The molecule has 1 aromatic carbocycles. The first-order valence-corrected chi connectivity index (χ1v) is 4.73. The molecule has 76 valence electrons. The summed E-state index contributed by atoms with van der Waals surface area (Å²) in [6.07, 6.45) is -0.579. The average Bonchev–Trinajstić information content (AvgIpc) is 2.19. The zero-order valence-electron chi connectivity index (χ0n) is 8.23. The Labute approximate surface area is 83.8 Å². The van der Waals surface area contributed by atoms with Crippen LogP contribution in [0.4, 0.5) is 0 Å². The van der Waals surface area contributed by atoms with Gasteiger partial charge in [-0.2, -0.15) is 0 Å². The van der Waals surface area contributed by atoms with Crippen molar-refractivity contribution in [3.63, 3.8) is 0 Å². The van der Waals surface area contributed by atoms with Gasteiger partial charge in [0.15, 0.2) is 0 Å². The van der Waals surface area contributed by atoms with Gasteiger partial charge in [0.25, 0.3) is 0 Å². The Hall–Kier alpha value is -1.35. The lowest BCUT2D eigenvalue weighted by Crippen LogP contribution is -2.35. The van der Waals surface area contributed by atoms with Crippen molar-refractivity contribution in [1.29, 1.82) is 0 Å². The van der Waals surface area contributed by atoms with Gasteiger partial charge in [0.1, 0.15) is 6.10 Å². The summed E-state index contributed by atoms with van der Waals surface area (Å²) < 4.78 is 0. The zero-order chi connectivity index (χ0) is 10.4. The van der Waals surface area contributed by atoms with Crippen LogP contribution in [0.5, 0.6) is 0 Å². The molecule has 0 aromatic heterocycles. The van der Waals surface area contributed by atoms with Crippen molar-refractivity contribution >= 4 is 5.91 Å². The first-order valence-electron chi connectivity index (χ1n) is 4.73. The van der Waals surface area contributed by atoms with Crippen LogP contribution in [0.15, 0.2) is 30.3 Å². The van der Waals surface area contributed by atoms with E-state index in [1.165, 1.54) is 0 Å². The number of nitrogens with one attached hydrogen (secondary N) is 1. The van der Waals surface area contributed by atoms with Crippen molar-refractivity contribution in [2.45, 2.75) is 19.4 Å². The van der Waals surface area contributed by atoms with Gasteiger partial charge in [-0.3, -0.25) is 4.79 Å². The van der Waals surface area contributed by atoms with E-state index in [1.54, 1.807) is 0 Å². The van der Waals surface area contributed by atoms with Gasteiger partial charge in [-0.15, -0.1) is 0 Å². The molecular weight excluding hydrogens is 178 g/mol. The molecule has 14 heavy (non-hydrogen) atoms. The summed E-state index contributed by atoms with van der Waals surface area (Å²) in [4.78, 5) is 11.2. The van der Waals surface area contributed by atoms with Gasteiger partial charge in [0.2, 0.25) is 5.91 Å². The number of rotatable bonds is 4. The van der Waals surface area contributed by atoms with Crippen molar-refractivity contribution in [2.75, 3.05) is 6.54 Å². The summed E-state index contributed by atoms with van der Waals surface area (Å²) in [5.41, 5.74) is 0.964. The molecule has 1 rings (SSSR count). The summed E-state index contributed by atoms with van der Waals surface area (Å²) in [6.45, 7) is 2.37. The van der Waals surface area contributed by atoms with Gasteiger partial charge in [-0.1, -0.05) is 30.3 Å². The Morgan fingerprint density at radius 1 is 1.43 bits per heavy atom. The Kier molecular flexibility index (Phi) is 4.13. The van der Waals surface area contributed by atoms with Crippen molar-refractivity contribution < 1.29 is 9.90 Å². The molecule has 0 aliphatic carbocycles. The molecule has 0 saturated carbocycles. The van der Waals surface area contributed by atoms with Crippen LogP contribution in [0.2, 0.25) is 0 Å². The molecule has 3 heteroatoms. The minimum atomic E-state index is -0.947. The van der Waals surface area contributed by atoms with E-state index in [2.05, 4.69) is 5.32 Å². The molecule has 0 radical (unpaired) electrons.